The van der Waals surface area contributed by atoms with E-state index >= 15 is 0 Å². The summed E-state index contributed by atoms with van der Waals surface area (Å²) in [5.74, 6) is 0.611. The fraction of sp³-hybridized carbons (Fsp3) is 0.700. The minimum absolute atomic E-state index is 0.102. The van der Waals surface area contributed by atoms with Crippen molar-refractivity contribution in [1.82, 2.24) is 14.9 Å². The Morgan fingerprint density at radius 3 is 2.68 bits per heavy atom. The van der Waals surface area contributed by atoms with E-state index in [4.69, 9.17) is 9.47 Å². The zero-order chi connectivity index (χ0) is 20.9. The van der Waals surface area contributed by atoms with Gasteiger partial charge < -0.3 is 19.6 Å². The first-order chi connectivity index (χ1) is 13.1. The van der Waals surface area contributed by atoms with E-state index in [9.17, 15) is 9.90 Å². The molecule has 2 aromatic rings. The molecule has 7 nitrogen and oxygen atoms in total. The van der Waals surface area contributed by atoms with Crippen molar-refractivity contribution in [3.05, 3.63) is 26.6 Å². The molecule has 0 saturated carbocycles. The Bertz CT molecular complexity index is 825. The summed E-state index contributed by atoms with van der Waals surface area (Å²) in [5, 5.41) is 11.1. The lowest BCUT2D eigenvalue weighted by molar-refractivity contribution is -0.0571. The highest BCUT2D eigenvalue weighted by Crippen LogP contribution is 2.25. The fourth-order valence-corrected chi connectivity index (χ4v) is 4.00. The third-order valence-electron chi connectivity index (χ3n) is 4.46. The van der Waals surface area contributed by atoms with E-state index in [0.717, 1.165) is 28.2 Å². The number of aromatic amines is 1. The lowest BCUT2D eigenvalue weighted by Crippen LogP contribution is -2.38. The van der Waals surface area contributed by atoms with Crippen LogP contribution in [0.25, 0.3) is 10.2 Å². The number of aryl methyl sites for hydroxylation is 2. The molecule has 2 aromatic heterocycles. The van der Waals surface area contributed by atoms with Crippen LogP contribution in [0.2, 0.25) is 0 Å². The molecule has 0 spiro atoms. The molecule has 28 heavy (non-hydrogen) atoms. The first-order valence-corrected chi connectivity index (χ1v) is 10.4. The number of thiophene rings is 1. The maximum absolute atomic E-state index is 12.5. The van der Waals surface area contributed by atoms with Gasteiger partial charge in [0, 0.05) is 31.7 Å². The minimum atomic E-state index is -0.622. The number of aromatic nitrogens is 2. The predicted molar refractivity (Wildman–Crippen MR) is 113 cm³/mol. The van der Waals surface area contributed by atoms with Crippen LogP contribution in [0.4, 0.5) is 0 Å². The second kappa shape index (κ2) is 9.93. The predicted octanol–water partition coefficient (Wildman–Crippen LogP) is 2.62. The molecule has 2 heterocycles. The molecular formula is C20H33N3O4S. The van der Waals surface area contributed by atoms with Gasteiger partial charge in [0.15, 0.2) is 0 Å². The van der Waals surface area contributed by atoms with E-state index in [1.54, 1.807) is 18.4 Å². The van der Waals surface area contributed by atoms with Crippen molar-refractivity contribution in [1.29, 1.82) is 0 Å². The maximum Gasteiger partial charge on any atom is 0.259 e. The van der Waals surface area contributed by atoms with Gasteiger partial charge in [-0.15, -0.1) is 11.3 Å². The molecule has 2 rings (SSSR count). The lowest BCUT2D eigenvalue weighted by atomic mass is 10.2. The zero-order valence-electron chi connectivity index (χ0n) is 17.8. The quantitative estimate of drug-likeness (QED) is 0.585. The molecule has 0 aliphatic heterocycles. The van der Waals surface area contributed by atoms with Crippen molar-refractivity contribution in [3.63, 3.8) is 0 Å². The average Bonchev–Trinajstić information content (AvgIpc) is 2.87. The van der Waals surface area contributed by atoms with Crippen LogP contribution in [0.1, 0.15) is 43.5 Å². The van der Waals surface area contributed by atoms with E-state index < -0.39 is 6.10 Å². The maximum atomic E-state index is 12.5. The average molecular weight is 412 g/mol. The van der Waals surface area contributed by atoms with E-state index in [2.05, 4.69) is 14.9 Å². The zero-order valence-corrected chi connectivity index (χ0v) is 18.6. The van der Waals surface area contributed by atoms with Gasteiger partial charge in [-0.05, 0) is 46.6 Å². The fourth-order valence-electron chi connectivity index (χ4n) is 2.95. The second-order valence-electron chi connectivity index (χ2n) is 8.13. The van der Waals surface area contributed by atoms with Gasteiger partial charge in [-0.3, -0.25) is 9.69 Å². The Morgan fingerprint density at radius 2 is 2.04 bits per heavy atom. The number of hydrogen-bond donors (Lipinski definition) is 2. The van der Waals surface area contributed by atoms with Gasteiger partial charge in [-0.1, -0.05) is 0 Å². The highest BCUT2D eigenvalue weighted by molar-refractivity contribution is 7.18. The van der Waals surface area contributed by atoms with Gasteiger partial charge in [0.05, 0.1) is 30.2 Å². The summed E-state index contributed by atoms with van der Waals surface area (Å²) >= 11 is 1.54. The topological polar surface area (TPSA) is 87.7 Å². The molecule has 8 heteroatoms. The number of ether oxygens (including phenoxy) is 2. The van der Waals surface area contributed by atoms with E-state index in [1.807, 2.05) is 34.6 Å². The number of nitrogens with zero attached hydrogens (tertiary/aromatic N) is 2. The molecule has 0 bridgehead atoms. The number of fused-ring (bicyclic) bond motifs is 1. The van der Waals surface area contributed by atoms with Crippen LogP contribution in [0.15, 0.2) is 4.79 Å². The molecule has 0 fully saturated rings. The van der Waals surface area contributed by atoms with Gasteiger partial charge in [-0.2, -0.15) is 0 Å². The minimum Gasteiger partial charge on any atom is -0.389 e. The van der Waals surface area contributed by atoms with E-state index in [-0.39, 0.29) is 17.8 Å². The number of aliphatic hydroxyl groups is 1. The Hall–Kier alpha value is -1.32. The van der Waals surface area contributed by atoms with Gasteiger partial charge in [-0.25, -0.2) is 4.98 Å². The molecule has 0 saturated heterocycles. The second-order valence-corrected chi connectivity index (χ2v) is 9.34. The van der Waals surface area contributed by atoms with Crippen LogP contribution >= 0.6 is 11.3 Å². The number of methoxy groups -OCH3 is 1. The van der Waals surface area contributed by atoms with Crippen LogP contribution in [0, 0.1) is 13.8 Å². The van der Waals surface area contributed by atoms with Crippen LogP contribution in [-0.4, -0.2) is 65.1 Å². The molecule has 158 valence electrons. The summed E-state index contributed by atoms with van der Waals surface area (Å²) < 4.78 is 10.8. The van der Waals surface area contributed by atoms with Crippen LogP contribution < -0.4 is 5.56 Å². The van der Waals surface area contributed by atoms with Crippen molar-refractivity contribution in [2.75, 3.05) is 33.4 Å². The van der Waals surface area contributed by atoms with Gasteiger partial charge in [0.2, 0.25) is 0 Å². The molecule has 0 radical (unpaired) electrons. The van der Waals surface area contributed by atoms with Crippen molar-refractivity contribution in [2.45, 2.75) is 59.3 Å². The number of H-pyrrole nitrogens is 1. The molecule has 1 unspecified atom stereocenters. The molecule has 0 amide bonds. The normalized spacial score (nSPS) is 13.6. The summed E-state index contributed by atoms with van der Waals surface area (Å²) in [5.41, 5.74) is 0.594. The summed E-state index contributed by atoms with van der Waals surface area (Å²) in [7, 11) is 1.67. The van der Waals surface area contributed by atoms with Crippen molar-refractivity contribution in [3.8, 4) is 0 Å². The Morgan fingerprint density at radius 1 is 1.32 bits per heavy atom. The van der Waals surface area contributed by atoms with Crippen molar-refractivity contribution in [2.24, 2.45) is 0 Å². The summed E-state index contributed by atoms with van der Waals surface area (Å²) in [6, 6.07) is 0. The first-order valence-electron chi connectivity index (χ1n) is 9.63. The van der Waals surface area contributed by atoms with Crippen molar-refractivity contribution >= 4 is 21.6 Å². The molecule has 0 aliphatic carbocycles. The van der Waals surface area contributed by atoms with Crippen LogP contribution in [0.3, 0.4) is 0 Å². The largest absolute Gasteiger partial charge is 0.389 e. The van der Waals surface area contributed by atoms with Gasteiger partial charge >= 0.3 is 0 Å². The SMILES string of the molecule is COCCCN(Cc1nc2sc(C)c(C)c2c(=O)[nH]1)CC(O)COC(C)(C)C. The Kier molecular flexibility index (Phi) is 8.15. The number of rotatable bonds is 10. The lowest BCUT2D eigenvalue weighted by Gasteiger charge is -2.27. The smallest absolute Gasteiger partial charge is 0.259 e. The Balaban J connectivity index is 2.12. The summed E-state index contributed by atoms with van der Waals surface area (Å²) in [6.45, 7) is 12.4. The van der Waals surface area contributed by atoms with Gasteiger partial charge in [0.1, 0.15) is 10.7 Å². The highest BCUT2D eigenvalue weighted by atomic mass is 32.1. The van der Waals surface area contributed by atoms with Crippen molar-refractivity contribution < 1.29 is 14.6 Å². The number of aliphatic hydroxyl groups excluding tert-OH is 1. The molecule has 0 aliphatic rings. The number of hydrogen-bond acceptors (Lipinski definition) is 7. The Labute approximate surface area is 170 Å². The molecule has 0 aromatic carbocycles. The third-order valence-corrected chi connectivity index (χ3v) is 5.56. The van der Waals surface area contributed by atoms with E-state index in [0.29, 0.717) is 30.9 Å². The standard InChI is InChI=1S/C20H33N3O4S/c1-13-14(2)28-19-17(13)18(25)21-16(22-19)11-23(8-7-9-26-6)10-15(24)12-27-20(3,4)5/h15,24H,7-12H2,1-6H3,(H,21,22,25). The molecule has 2 N–H and O–H groups in total. The number of nitrogens with one attached hydrogen (secondary N) is 1. The van der Waals surface area contributed by atoms with Crippen LogP contribution in [0.5, 0.6) is 0 Å². The molecular weight excluding hydrogens is 378 g/mol. The van der Waals surface area contributed by atoms with Gasteiger partial charge in [0.25, 0.3) is 5.56 Å². The summed E-state index contributed by atoms with van der Waals surface area (Å²) in [4.78, 5) is 24.0. The summed E-state index contributed by atoms with van der Waals surface area (Å²) in [6.07, 6.45) is 0.205. The molecule has 1 atom stereocenters. The first kappa shape index (κ1) is 23.0. The highest BCUT2D eigenvalue weighted by Gasteiger charge is 2.18. The van der Waals surface area contributed by atoms with E-state index in [1.165, 1.54) is 0 Å². The monoisotopic (exact) mass is 411 g/mol. The van der Waals surface area contributed by atoms with Crippen LogP contribution in [-0.2, 0) is 16.0 Å². The third kappa shape index (κ3) is 6.63.